The molecule has 9 heteroatoms. The van der Waals surface area contributed by atoms with Crippen molar-refractivity contribution in [1.82, 2.24) is 4.72 Å². The van der Waals surface area contributed by atoms with E-state index in [9.17, 15) is 16.8 Å². The molecule has 0 saturated carbocycles. The van der Waals surface area contributed by atoms with Crippen LogP contribution in [0.4, 0.5) is 0 Å². The van der Waals surface area contributed by atoms with Crippen molar-refractivity contribution in [1.29, 1.82) is 5.26 Å². The van der Waals surface area contributed by atoms with Gasteiger partial charge in [0.15, 0.2) is 0 Å². The zero-order valence-electron chi connectivity index (χ0n) is 10.8. The van der Waals surface area contributed by atoms with Gasteiger partial charge >= 0.3 is 0 Å². The van der Waals surface area contributed by atoms with E-state index in [1.54, 1.807) is 0 Å². The molecule has 110 valence electrons. The van der Waals surface area contributed by atoms with Crippen LogP contribution in [0, 0.1) is 11.3 Å². The first-order valence-corrected chi connectivity index (χ1v) is 9.37. The minimum atomic E-state index is -3.99. The highest BCUT2D eigenvalue weighted by Crippen LogP contribution is 2.22. The minimum absolute atomic E-state index is 0.0388. The van der Waals surface area contributed by atoms with E-state index in [1.807, 2.05) is 6.07 Å². The molecule has 0 spiro atoms. The summed E-state index contributed by atoms with van der Waals surface area (Å²) in [6, 6.07) is 4.83. The Morgan fingerprint density at radius 2 is 1.95 bits per heavy atom. The molecule has 20 heavy (non-hydrogen) atoms. The largest absolute Gasteiger partial charge is 0.242 e. The van der Waals surface area contributed by atoms with Crippen molar-refractivity contribution in [2.24, 2.45) is 0 Å². The van der Waals surface area contributed by atoms with Gasteiger partial charge in [-0.2, -0.15) is 5.26 Å². The Kier molecular flexibility index (Phi) is 5.15. The maximum absolute atomic E-state index is 12.1. The Bertz CT molecular complexity index is 751. The smallest absolute Gasteiger partial charge is 0.229 e. The Morgan fingerprint density at radius 1 is 1.35 bits per heavy atom. The first-order valence-electron chi connectivity index (χ1n) is 5.45. The van der Waals surface area contributed by atoms with Gasteiger partial charge in [-0.15, -0.1) is 0 Å². The summed E-state index contributed by atoms with van der Waals surface area (Å²) in [6.45, 7) is 1.43. The molecule has 6 nitrogen and oxygen atoms in total. The molecule has 0 bridgehead atoms. The van der Waals surface area contributed by atoms with Gasteiger partial charge in [-0.05, 0) is 25.1 Å². The number of nitrogens with one attached hydrogen (secondary N) is 1. The molecule has 0 amide bonds. The molecule has 1 atom stereocenters. The van der Waals surface area contributed by atoms with Crippen LogP contribution in [0.2, 0.25) is 5.02 Å². The van der Waals surface area contributed by atoms with Gasteiger partial charge in [-0.1, -0.05) is 11.6 Å². The van der Waals surface area contributed by atoms with Crippen molar-refractivity contribution < 1.29 is 16.8 Å². The SMILES string of the molecule is CC(CS(C)(=O)=O)NS(=O)(=O)c1cc(C#N)ccc1Cl. The quantitative estimate of drug-likeness (QED) is 0.861. The number of sulfone groups is 1. The standard InChI is InChI=1S/C11H13ClN2O4S2/c1-8(7-19(2,15)16)14-20(17,18)11-5-9(6-13)3-4-10(11)12/h3-5,8,14H,7H2,1-2H3. The fourth-order valence-electron chi connectivity index (χ4n) is 1.60. The van der Waals surface area contributed by atoms with E-state index < -0.39 is 25.9 Å². The second-order valence-corrected chi connectivity index (χ2v) is 8.65. The van der Waals surface area contributed by atoms with Gasteiger partial charge in [-0.25, -0.2) is 21.6 Å². The van der Waals surface area contributed by atoms with E-state index in [0.29, 0.717) is 0 Å². The molecular weight excluding hydrogens is 324 g/mol. The number of sulfonamides is 1. The molecule has 1 aromatic rings. The van der Waals surface area contributed by atoms with Gasteiger partial charge in [-0.3, -0.25) is 0 Å². The van der Waals surface area contributed by atoms with Crippen LogP contribution >= 0.6 is 11.6 Å². The van der Waals surface area contributed by atoms with Gasteiger partial charge in [0.05, 0.1) is 22.4 Å². The van der Waals surface area contributed by atoms with Gasteiger partial charge in [0, 0.05) is 12.3 Å². The highest BCUT2D eigenvalue weighted by molar-refractivity contribution is 7.91. The van der Waals surface area contributed by atoms with Crippen molar-refractivity contribution in [3.63, 3.8) is 0 Å². The number of benzene rings is 1. The van der Waals surface area contributed by atoms with E-state index >= 15 is 0 Å². The van der Waals surface area contributed by atoms with Crippen LogP contribution in [0.1, 0.15) is 12.5 Å². The predicted octanol–water partition coefficient (Wildman–Crippen LogP) is 0.923. The zero-order valence-corrected chi connectivity index (χ0v) is 13.2. The molecule has 0 fully saturated rings. The van der Waals surface area contributed by atoms with E-state index in [4.69, 9.17) is 16.9 Å². The summed E-state index contributed by atoms with van der Waals surface area (Å²) in [5, 5.41) is 8.73. The average Bonchev–Trinajstić information content (AvgIpc) is 2.25. The Balaban J connectivity index is 3.09. The number of nitrogens with zero attached hydrogens (tertiary/aromatic N) is 1. The van der Waals surface area contributed by atoms with Crippen LogP contribution in [-0.2, 0) is 19.9 Å². The fraction of sp³-hybridized carbons (Fsp3) is 0.364. The molecule has 1 N–H and O–H groups in total. The molecule has 0 heterocycles. The maximum Gasteiger partial charge on any atom is 0.242 e. The molecule has 0 aliphatic rings. The lowest BCUT2D eigenvalue weighted by atomic mass is 10.2. The number of halogens is 1. The lowest BCUT2D eigenvalue weighted by molar-refractivity contribution is 0.564. The first kappa shape index (κ1) is 16.9. The van der Waals surface area contributed by atoms with Gasteiger partial charge in [0.2, 0.25) is 10.0 Å². The molecule has 0 aliphatic carbocycles. The average molecular weight is 337 g/mol. The first-order chi connectivity index (χ1) is 9.05. The van der Waals surface area contributed by atoms with Crippen LogP contribution < -0.4 is 4.72 Å². The van der Waals surface area contributed by atoms with Crippen molar-refractivity contribution >= 4 is 31.5 Å². The number of hydrogen-bond donors (Lipinski definition) is 1. The van der Waals surface area contributed by atoms with Gasteiger partial charge < -0.3 is 0 Å². The monoisotopic (exact) mass is 336 g/mol. The third-order valence-corrected chi connectivity index (χ3v) is 5.44. The Morgan fingerprint density at radius 3 is 2.45 bits per heavy atom. The molecule has 0 aromatic heterocycles. The molecule has 1 rings (SSSR count). The third kappa shape index (κ3) is 4.76. The topological polar surface area (TPSA) is 104 Å². The minimum Gasteiger partial charge on any atom is -0.229 e. The number of rotatable bonds is 5. The zero-order chi connectivity index (χ0) is 15.6. The van der Waals surface area contributed by atoms with Crippen molar-refractivity contribution in [3.05, 3.63) is 28.8 Å². The second kappa shape index (κ2) is 6.10. The molecule has 1 unspecified atom stereocenters. The lowest BCUT2D eigenvalue weighted by Gasteiger charge is -2.14. The molecule has 0 radical (unpaired) electrons. The van der Waals surface area contributed by atoms with Crippen LogP contribution in [0.5, 0.6) is 0 Å². The summed E-state index contributed by atoms with van der Waals surface area (Å²) >= 11 is 5.81. The lowest BCUT2D eigenvalue weighted by Crippen LogP contribution is -2.37. The van der Waals surface area contributed by atoms with Gasteiger partial charge in [0.1, 0.15) is 14.7 Å². The summed E-state index contributed by atoms with van der Waals surface area (Å²) in [5.41, 5.74) is 0.144. The van der Waals surface area contributed by atoms with E-state index in [2.05, 4.69) is 4.72 Å². The summed E-state index contributed by atoms with van der Waals surface area (Å²) in [4.78, 5) is -0.251. The number of hydrogen-bond acceptors (Lipinski definition) is 5. The van der Waals surface area contributed by atoms with E-state index in [-0.39, 0.29) is 21.2 Å². The highest BCUT2D eigenvalue weighted by atomic mass is 35.5. The summed E-state index contributed by atoms with van der Waals surface area (Å²) in [6.07, 6.45) is 1.01. The summed E-state index contributed by atoms with van der Waals surface area (Å²) in [5.74, 6) is -0.332. The van der Waals surface area contributed by atoms with E-state index in [1.165, 1.54) is 19.1 Å². The van der Waals surface area contributed by atoms with E-state index in [0.717, 1.165) is 12.3 Å². The van der Waals surface area contributed by atoms with Crippen LogP contribution in [0.25, 0.3) is 0 Å². The van der Waals surface area contributed by atoms with Gasteiger partial charge in [0.25, 0.3) is 0 Å². The predicted molar refractivity (Wildman–Crippen MR) is 75.7 cm³/mol. The van der Waals surface area contributed by atoms with Crippen molar-refractivity contribution in [2.75, 3.05) is 12.0 Å². The molecule has 0 saturated heterocycles. The fourth-order valence-corrected chi connectivity index (χ4v) is 4.46. The Hall–Kier alpha value is -1.14. The van der Waals surface area contributed by atoms with Crippen molar-refractivity contribution in [3.8, 4) is 6.07 Å². The van der Waals surface area contributed by atoms with Crippen LogP contribution in [0.3, 0.4) is 0 Å². The third-order valence-electron chi connectivity index (χ3n) is 2.26. The summed E-state index contributed by atoms with van der Waals surface area (Å²) in [7, 11) is -7.31. The van der Waals surface area contributed by atoms with Crippen LogP contribution in [-0.4, -0.2) is 34.9 Å². The van der Waals surface area contributed by atoms with Crippen molar-refractivity contribution in [2.45, 2.75) is 17.9 Å². The normalized spacial score (nSPS) is 13.7. The Labute approximate surface area is 123 Å². The summed E-state index contributed by atoms with van der Waals surface area (Å²) < 4.78 is 48.7. The second-order valence-electron chi connectivity index (χ2n) is 4.37. The highest BCUT2D eigenvalue weighted by Gasteiger charge is 2.22. The maximum atomic E-state index is 12.1. The molecular formula is C11H13ClN2O4S2. The number of nitriles is 1. The molecule has 0 aliphatic heterocycles. The molecule has 1 aromatic carbocycles. The van der Waals surface area contributed by atoms with Crippen LogP contribution in [0.15, 0.2) is 23.1 Å².